The predicted molar refractivity (Wildman–Crippen MR) is 72.8 cm³/mol. The summed E-state index contributed by atoms with van der Waals surface area (Å²) in [5, 5.41) is 0. The lowest BCUT2D eigenvalue weighted by Gasteiger charge is -2.24. The molecule has 10 heteroatoms. The van der Waals surface area contributed by atoms with Crippen molar-refractivity contribution in [2.24, 2.45) is 0 Å². The number of halogens is 5. The molecule has 1 unspecified atom stereocenters. The normalized spacial score (nSPS) is 16.5. The summed E-state index contributed by atoms with van der Waals surface area (Å²) in [7, 11) is 1.02. The van der Waals surface area contributed by atoms with E-state index in [1.165, 1.54) is 6.07 Å². The van der Waals surface area contributed by atoms with Crippen LogP contribution in [0.3, 0.4) is 0 Å². The highest BCUT2D eigenvalue weighted by molar-refractivity contribution is 9.10. The van der Waals surface area contributed by atoms with Gasteiger partial charge in [-0.3, -0.25) is 4.79 Å². The average molecular weight is 407 g/mol. The molecule has 0 radical (unpaired) electrons. The van der Waals surface area contributed by atoms with Crippen LogP contribution in [-0.4, -0.2) is 38.4 Å². The molecule has 1 heterocycles. The molecule has 0 aromatic heterocycles. The highest BCUT2D eigenvalue weighted by atomic mass is 79.9. The standard InChI is InChI=1S/C11H8BrClF3NO3S/c12-6-1-5-4-17(7(3-14)10(15)16)11(18)9(5)8(2-6)21(13,19)20/h1-2,7,10H,3-4H2. The number of hydrogen-bond acceptors (Lipinski definition) is 3. The molecule has 1 atom stereocenters. The first-order valence-corrected chi connectivity index (χ1v) is 8.69. The van der Waals surface area contributed by atoms with Gasteiger partial charge in [0.1, 0.15) is 12.7 Å². The van der Waals surface area contributed by atoms with Crippen LogP contribution in [0.1, 0.15) is 15.9 Å². The van der Waals surface area contributed by atoms with Crippen molar-refractivity contribution in [3.8, 4) is 0 Å². The number of alkyl halides is 3. The number of carbonyl (C=O) groups is 1. The monoisotopic (exact) mass is 405 g/mol. The summed E-state index contributed by atoms with van der Waals surface area (Å²) in [5.41, 5.74) is -0.0833. The third kappa shape index (κ3) is 3.04. The molecule has 0 saturated heterocycles. The Morgan fingerprint density at radius 1 is 1.38 bits per heavy atom. The molecule has 1 amide bonds. The molecule has 2 rings (SSSR count). The second-order valence-electron chi connectivity index (χ2n) is 4.37. The van der Waals surface area contributed by atoms with Crippen molar-refractivity contribution >= 4 is 41.6 Å². The molecular weight excluding hydrogens is 399 g/mol. The van der Waals surface area contributed by atoms with Crippen molar-refractivity contribution in [3.63, 3.8) is 0 Å². The fourth-order valence-electron chi connectivity index (χ4n) is 2.15. The molecule has 0 fully saturated rings. The first kappa shape index (κ1) is 16.6. The van der Waals surface area contributed by atoms with E-state index in [1.807, 2.05) is 0 Å². The number of amides is 1. The summed E-state index contributed by atoms with van der Waals surface area (Å²) in [4.78, 5) is 12.3. The maximum absolute atomic E-state index is 12.8. The van der Waals surface area contributed by atoms with Gasteiger partial charge in [0.2, 0.25) is 0 Å². The molecule has 0 bridgehead atoms. The second kappa shape index (κ2) is 5.77. The quantitative estimate of drug-likeness (QED) is 0.723. The number of hydrogen-bond donors (Lipinski definition) is 0. The van der Waals surface area contributed by atoms with E-state index in [9.17, 15) is 26.4 Å². The van der Waals surface area contributed by atoms with Crippen LogP contribution in [0.15, 0.2) is 21.5 Å². The first-order valence-electron chi connectivity index (χ1n) is 5.59. The fraction of sp³-hybridized carbons (Fsp3) is 0.364. The van der Waals surface area contributed by atoms with Gasteiger partial charge in [-0.25, -0.2) is 21.6 Å². The fourth-order valence-corrected chi connectivity index (χ4v) is 3.90. The lowest BCUT2D eigenvalue weighted by molar-refractivity contribution is 0.0134. The van der Waals surface area contributed by atoms with E-state index < -0.39 is 39.0 Å². The van der Waals surface area contributed by atoms with Crippen LogP contribution in [0.25, 0.3) is 0 Å². The number of nitrogens with zero attached hydrogens (tertiary/aromatic N) is 1. The maximum atomic E-state index is 12.8. The van der Waals surface area contributed by atoms with Crippen molar-refractivity contribution in [2.45, 2.75) is 23.9 Å². The van der Waals surface area contributed by atoms with Gasteiger partial charge >= 0.3 is 0 Å². The molecule has 0 aliphatic carbocycles. The predicted octanol–water partition coefficient (Wildman–Crippen LogP) is 2.94. The van der Waals surface area contributed by atoms with Crippen molar-refractivity contribution in [2.75, 3.05) is 6.67 Å². The van der Waals surface area contributed by atoms with Gasteiger partial charge in [-0.1, -0.05) is 15.9 Å². The van der Waals surface area contributed by atoms with Crippen LogP contribution in [0.2, 0.25) is 0 Å². The van der Waals surface area contributed by atoms with Gasteiger partial charge in [0.15, 0.2) is 0 Å². The number of carbonyl (C=O) groups excluding carboxylic acids is 1. The highest BCUT2D eigenvalue weighted by Crippen LogP contribution is 2.35. The van der Waals surface area contributed by atoms with Gasteiger partial charge in [-0.15, -0.1) is 0 Å². The molecule has 1 aromatic rings. The molecule has 0 saturated carbocycles. The zero-order valence-electron chi connectivity index (χ0n) is 10.2. The van der Waals surface area contributed by atoms with Gasteiger partial charge in [0, 0.05) is 21.7 Å². The molecule has 4 nitrogen and oxygen atoms in total. The minimum absolute atomic E-state index is 0.202. The molecule has 1 aliphatic rings. The van der Waals surface area contributed by atoms with E-state index in [4.69, 9.17) is 10.7 Å². The Labute approximate surface area is 131 Å². The zero-order chi connectivity index (χ0) is 15.9. The summed E-state index contributed by atoms with van der Waals surface area (Å²) in [6, 6.07) is 0.601. The second-order valence-corrected chi connectivity index (χ2v) is 7.82. The number of benzene rings is 1. The highest BCUT2D eigenvalue weighted by Gasteiger charge is 2.40. The van der Waals surface area contributed by atoms with Crippen LogP contribution >= 0.6 is 26.6 Å². The minimum Gasteiger partial charge on any atom is -0.323 e. The summed E-state index contributed by atoms with van der Waals surface area (Å²) in [6.45, 7) is -1.73. The van der Waals surface area contributed by atoms with Crippen molar-refractivity contribution in [3.05, 3.63) is 27.7 Å². The van der Waals surface area contributed by atoms with E-state index in [0.29, 0.717) is 9.37 Å². The Bertz CT molecular complexity index is 698. The Kier molecular flexibility index (Phi) is 4.55. The number of fused-ring (bicyclic) bond motifs is 1. The van der Waals surface area contributed by atoms with Crippen LogP contribution in [0.4, 0.5) is 13.2 Å². The molecule has 0 spiro atoms. The van der Waals surface area contributed by atoms with Gasteiger partial charge in [0.05, 0.1) is 10.5 Å². The third-order valence-electron chi connectivity index (χ3n) is 3.08. The van der Waals surface area contributed by atoms with Crippen LogP contribution in [0.5, 0.6) is 0 Å². The Balaban J connectivity index is 2.56. The van der Waals surface area contributed by atoms with Crippen molar-refractivity contribution < 1.29 is 26.4 Å². The van der Waals surface area contributed by atoms with Crippen LogP contribution in [0, 0.1) is 0 Å². The van der Waals surface area contributed by atoms with Crippen LogP contribution < -0.4 is 0 Å². The van der Waals surface area contributed by atoms with E-state index in [0.717, 1.165) is 6.07 Å². The summed E-state index contributed by atoms with van der Waals surface area (Å²) >= 11 is 3.06. The summed E-state index contributed by atoms with van der Waals surface area (Å²) in [6.07, 6.45) is -3.08. The lowest BCUT2D eigenvalue weighted by Crippen LogP contribution is -2.42. The van der Waals surface area contributed by atoms with E-state index in [1.54, 1.807) is 0 Å². The van der Waals surface area contributed by atoms with Gasteiger partial charge < -0.3 is 4.90 Å². The Morgan fingerprint density at radius 2 is 2.00 bits per heavy atom. The molecule has 21 heavy (non-hydrogen) atoms. The Hall–Kier alpha value is -0.800. The first-order chi connectivity index (χ1) is 9.66. The SMILES string of the molecule is O=C1c2c(cc(Br)cc2S(=O)(=O)Cl)CN1C(CF)C(F)F. The molecule has 0 N–H and O–H groups in total. The van der Waals surface area contributed by atoms with Gasteiger partial charge in [-0.2, -0.15) is 0 Å². The topological polar surface area (TPSA) is 54.5 Å². The summed E-state index contributed by atoms with van der Waals surface area (Å²) < 4.78 is 61.7. The minimum atomic E-state index is -4.25. The van der Waals surface area contributed by atoms with Crippen molar-refractivity contribution in [1.29, 1.82) is 0 Å². The Morgan fingerprint density at radius 3 is 2.48 bits per heavy atom. The molecule has 1 aliphatic heterocycles. The van der Waals surface area contributed by atoms with Gasteiger partial charge in [0.25, 0.3) is 21.4 Å². The number of rotatable bonds is 4. The molecule has 1 aromatic carbocycles. The largest absolute Gasteiger partial charge is 0.323 e. The zero-order valence-corrected chi connectivity index (χ0v) is 13.4. The van der Waals surface area contributed by atoms with Gasteiger partial charge in [-0.05, 0) is 17.7 Å². The van der Waals surface area contributed by atoms with E-state index in [2.05, 4.69) is 15.9 Å². The average Bonchev–Trinajstić information content (AvgIpc) is 2.65. The smallest absolute Gasteiger partial charge is 0.262 e. The lowest BCUT2D eigenvalue weighted by atomic mass is 10.1. The third-order valence-corrected chi connectivity index (χ3v) is 4.88. The van der Waals surface area contributed by atoms with E-state index >= 15 is 0 Å². The van der Waals surface area contributed by atoms with Crippen LogP contribution in [-0.2, 0) is 15.6 Å². The van der Waals surface area contributed by atoms with Crippen molar-refractivity contribution in [1.82, 2.24) is 4.90 Å². The molecule has 116 valence electrons. The maximum Gasteiger partial charge on any atom is 0.262 e. The van der Waals surface area contributed by atoms with E-state index in [-0.39, 0.29) is 17.7 Å². The summed E-state index contributed by atoms with van der Waals surface area (Å²) in [5.74, 6) is -0.973. The molecular formula is C11H8BrClF3NO3S.